The first-order chi connectivity index (χ1) is 9.42. The summed E-state index contributed by atoms with van der Waals surface area (Å²) in [6, 6.07) is 1.90. The number of thiophene rings is 1. The maximum atomic E-state index is 12.4. The molecule has 0 amide bonds. The molecule has 1 fully saturated rings. The summed E-state index contributed by atoms with van der Waals surface area (Å²) < 4.78 is 28.1. The van der Waals surface area contributed by atoms with E-state index in [1.165, 1.54) is 11.3 Å². The Bertz CT molecular complexity index is 552. The molecule has 0 aromatic carbocycles. The van der Waals surface area contributed by atoms with Crippen LogP contribution in [0.25, 0.3) is 0 Å². The number of sulfonamides is 1. The molecule has 4 nitrogen and oxygen atoms in total. The Kier molecular flexibility index (Phi) is 5.23. The monoisotopic (exact) mass is 316 g/mol. The van der Waals surface area contributed by atoms with Crippen molar-refractivity contribution in [1.29, 1.82) is 0 Å². The topological polar surface area (TPSA) is 58.2 Å². The highest BCUT2D eigenvalue weighted by molar-refractivity contribution is 7.91. The maximum absolute atomic E-state index is 12.4. The van der Waals surface area contributed by atoms with Crippen molar-refractivity contribution in [1.82, 2.24) is 10.0 Å². The molecule has 2 atom stereocenters. The van der Waals surface area contributed by atoms with Crippen molar-refractivity contribution in [2.24, 2.45) is 5.92 Å². The van der Waals surface area contributed by atoms with Crippen LogP contribution in [0.4, 0.5) is 0 Å². The summed E-state index contributed by atoms with van der Waals surface area (Å²) >= 11 is 1.38. The van der Waals surface area contributed by atoms with Crippen molar-refractivity contribution in [3.8, 4) is 0 Å². The number of rotatable bonds is 6. The zero-order valence-electron chi connectivity index (χ0n) is 12.4. The van der Waals surface area contributed by atoms with Gasteiger partial charge < -0.3 is 5.32 Å². The van der Waals surface area contributed by atoms with Crippen molar-refractivity contribution < 1.29 is 8.42 Å². The Morgan fingerprint density at radius 2 is 2.15 bits per heavy atom. The van der Waals surface area contributed by atoms with E-state index in [4.69, 9.17) is 0 Å². The first-order valence-corrected chi connectivity index (χ1v) is 9.54. The summed E-state index contributed by atoms with van der Waals surface area (Å²) in [5.41, 5.74) is 1.05. The average molecular weight is 316 g/mol. The van der Waals surface area contributed by atoms with E-state index >= 15 is 0 Å². The molecule has 1 saturated carbocycles. The quantitative estimate of drug-likeness (QED) is 0.848. The Hall–Kier alpha value is -0.430. The van der Waals surface area contributed by atoms with E-state index in [2.05, 4.69) is 17.0 Å². The molecule has 1 aliphatic carbocycles. The minimum atomic E-state index is -3.35. The number of aryl methyl sites for hydroxylation is 1. The molecule has 0 aliphatic heterocycles. The van der Waals surface area contributed by atoms with Gasteiger partial charge in [0.15, 0.2) is 0 Å². The highest BCUT2D eigenvalue weighted by atomic mass is 32.2. The number of hydrogen-bond donors (Lipinski definition) is 2. The van der Waals surface area contributed by atoms with Gasteiger partial charge in [-0.05, 0) is 50.3 Å². The molecule has 6 heteroatoms. The second kappa shape index (κ2) is 6.56. The lowest BCUT2D eigenvalue weighted by Gasteiger charge is -2.11. The maximum Gasteiger partial charge on any atom is 0.250 e. The lowest BCUT2D eigenvalue weighted by molar-refractivity contribution is 0.540. The first kappa shape index (κ1) is 15.9. The fourth-order valence-corrected chi connectivity index (χ4v) is 5.49. The normalized spacial score (nSPS) is 23.4. The lowest BCUT2D eigenvalue weighted by Crippen LogP contribution is -2.32. The SMILES string of the molecule is CCNCc1sc(S(=O)(=O)NC2CCC(C)C2)cc1C. The second-order valence-electron chi connectivity index (χ2n) is 5.69. The van der Waals surface area contributed by atoms with Crippen molar-refractivity contribution in [2.75, 3.05) is 6.54 Å². The largest absolute Gasteiger partial charge is 0.312 e. The van der Waals surface area contributed by atoms with Crippen LogP contribution in [0.5, 0.6) is 0 Å². The van der Waals surface area contributed by atoms with E-state index in [9.17, 15) is 8.42 Å². The van der Waals surface area contributed by atoms with Crippen molar-refractivity contribution >= 4 is 21.4 Å². The van der Waals surface area contributed by atoms with E-state index in [0.29, 0.717) is 10.1 Å². The highest BCUT2D eigenvalue weighted by Gasteiger charge is 2.27. The van der Waals surface area contributed by atoms with E-state index in [0.717, 1.165) is 42.8 Å². The summed E-state index contributed by atoms with van der Waals surface area (Å²) in [4.78, 5) is 1.10. The molecule has 2 rings (SSSR count). The van der Waals surface area contributed by atoms with Gasteiger partial charge in [-0.3, -0.25) is 0 Å². The van der Waals surface area contributed by atoms with Crippen LogP contribution in [0, 0.1) is 12.8 Å². The van der Waals surface area contributed by atoms with E-state index in [-0.39, 0.29) is 6.04 Å². The van der Waals surface area contributed by atoms with Crippen LogP contribution in [-0.2, 0) is 16.6 Å². The van der Waals surface area contributed by atoms with E-state index in [1.54, 1.807) is 6.07 Å². The molecule has 2 N–H and O–H groups in total. The van der Waals surface area contributed by atoms with Crippen molar-refractivity contribution in [2.45, 2.75) is 56.8 Å². The van der Waals surface area contributed by atoms with Crippen LogP contribution < -0.4 is 10.0 Å². The van der Waals surface area contributed by atoms with Gasteiger partial charge in [-0.1, -0.05) is 13.8 Å². The second-order valence-corrected chi connectivity index (χ2v) is 8.77. The minimum Gasteiger partial charge on any atom is -0.312 e. The highest BCUT2D eigenvalue weighted by Crippen LogP contribution is 2.29. The third kappa shape index (κ3) is 3.81. The average Bonchev–Trinajstić information content (AvgIpc) is 2.93. The van der Waals surface area contributed by atoms with Gasteiger partial charge in [0.05, 0.1) is 0 Å². The summed E-state index contributed by atoms with van der Waals surface area (Å²) in [5, 5.41) is 3.24. The molecular weight excluding hydrogens is 292 g/mol. The van der Waals surface area contributed by atoms with Crippen LogP contribution in [0.2, 0.25) is 0 Å². The summed E-state index contributed by atoms with van der Waals surface area (Å²) in [6.45, 7) is 7.82. The molecule has 114 valence electrons. The Morgan fingerprint density at radius 3 is 2.75 bits per heavy atom. The molecule has 20 heavy (non-hydrogen) atoms. The molecule has 0 radical (unpaired) electrons. The van der Waals surface area contributed by atoms with Crippen LogP contribution >= 0.6 is 11.3 Å². The Labute approximate surface area is 126 Å². The first-order valence-electron chi connectivity index (χ1n) is 7.24. The fourth-order valence-electron chi connectivity index (χ4n) is 2.63. The van der Waals surface area contributed by atoms with Gasteiger partial charge in [0.2, 0.25) is 10.0 Å². The van der Waals surface area contributed by atoms with Gasteiger partial charge in [-0.25, -0.2) is 13.1 Å². The minimum absolute atomic E-state index is 0.106. The van der Waals surface area contributed by atoms with Gasteiger partial charge in [-0.2, -0.15) is 0 Å². The van der Waals surface area contributed by atoms with Crippen LogP contribution in [0.3, 0.4) is 0 Å². The Balaban J connectivity index is 2.09. The molecule has 0 bridgehead atoms. The molecule has 1 aromatic heterocycles. The van der Waals surface area contributed by atoms with Crippen LogP contribution in [-0.4, -0.2) is 21.0 Å². The molecule has 2 unspecified atom stereocenters. The van der Waals surface area contributed by atoms with Crippen LogP contribution in [0.1, 0.15) is 43.6 Å². The molecule has 1 heterocycles. The zero-order valence-corrected chi connectivity index (χ0v) is 14.0. The molecular formula is C14H24N2O2S2. The third-order valence-electron chi connectivity index (χ3n) is 3.82. The van der Waals surface area contributed by atoms with Gasteiger partial charge in [0, 0.05) is 17.5 Å². The van der Waals surface area contributed by atoms with Gasteiger partial charge in [0.25, 0.3) is 0 Å². The van der Waals surface area contributed by atoms with Gasteiger partial charge >= 0.3 is 0 Å². The predicted molar refractivity (Wildman–Crippen MR) is 83.6 cm³/mol. The molecule has 0 spiro atoms. The zero-order chi connectivity index (χ0) is 14.8. The predicted octanol–water partition coefficient (Wildman–Crippen LogP) is 2.63. The summed E-state index contributed by atoms with van der Waals surface area (Å²) in [7, 11) is -3.35. The summed E-state index contributed by atoms with van der Waals surface area (Å²) in [6.07, 6.45) is 3.02. The number of nitrogens with one attached hydrogen (secondary N) is 2. The van der Waals surface area contributed by atoms with Crippen molar-refractivity contribution in [3.63, 3.8) is 0 Å². The molecule has 1 aromatic rings. The van der Waals surface area contributed by atoms with Crippen LogP contribution in [0.15, 0.2) is 10.3 Å². The standard InChI is InChI=1S/C14H24N2O2S2/c1-4-15-9-13-11(3)8-14(19-13)20(17,18)16-12-6-5-10(2)7-12/h8,10,12,15-16H,4-7,9H2,1-3H3. The number of hydrogen-bond acceptors (Lipinski definition) is 4. The summed E-state index contributed by atoms with van der Waals surface area (Å²) in [5.74, 6) is 0.622. The smallest absolute Gasteiger partial charge is 0.250 e. The van der Waals surface area contributed by atoms with Gasteiger partial charge in [0.1, 0.15) is 4.21 Å². The third-order valence-corrected chi connectivity index (χ3v) is 7.05. The lowest BCUT2D eigenvalue weighted by atomic mass is 10.1. The Morgan fingerprint density at radius 1 is 1.40 bits per heavy atom. The fraction of sp³-hybridized carbons (Fsp3) is 0.714. The van der Waals surface area contributed by atoms with Gasteiger partial charge in [-0.15, -0.1) is 11.3 Å². The molecule has 1 aliphatic rings. The van der Waals surface area contributed by atoms with E-state index < -0.39 is 10.0 Å². The van der Waals surface area contributed by atoms with E-state index in [1.807, 2.05) is 13.8 Å². The van der Waals surface area contributed by atoms with Crippen molar-refractivity contribution in [3.05, 3.63) is 16.5 Å². The molecule has 0 saturated heterocycles.